The van der Waals surface area contributed by atoms with Crippen LogP contribution in [0, 0.1) is 5.41 Å². The first-order chi connectivity index (χ1) is 12.5. The summed E-state index contributed by atoms with van der Waals surface area (Å²) in [7, 11) is 0. The fraction of sp³-hybridized carbons (Fsp3) is 0.500. The average molecular weight is 376 g/mol. The van der Waals surface area contributed by atoms with Crippen LogP contribution >= 0.6 is 11.6 Å². The Morgan fingerprint density at radius 2 is 2.15 bits per heavy atom. The van der Waals surface area contributed by atoms with Crippen LogP contribution in [0.3, 0.4) is 0 Å². The van der Waals surface area contributed by atoms with E-state index in [0.29, 0.717) is 30.4 Å². The average Bonchev–Trinajstić information content (AvgIpc) is 3.09. The third kappa shape index (κ3) is 3.60. The van der Waals surface area contributed by atoms with Gasteiger partial charge < -0.3 is 15.0 Å². The van der Waals surface area contributed by atoms with E-state index < -0.39 is 0 Å². The van der Waals surface area contributed by atoms with Crippen LogP contribution < -0.4 is 5.32 Å². The smallest absolute Gasteiger partial charge is 0.276 e. The number of rotatable bonds is 4. The lowest BCUT2D eigenvalue weighted by Crippen LogP contribution is -2.48. The molecule has 1 atom stereocenters. The molecule has 138 valence electrons. The van der Waals surface area contributed by atoms with Gasteiger partial charge in [-0.15, -0.1) is 5.10 Å². The van der Waals surface area contributed by atoms with Crippen molar-refractivity contribution in [3.63, 3.8) is 0 Å². The first-order valence-electron chi connectivity index (χ1n) is 8.78. The zero-order chi connectivity index (χ0) is 18.1. The molecule has 4 rings (SSSR count). The van der Waals surface area contributed by atoms with E-state index in [0.717, 1.165) is 25.3 Å². The molecule has 1 amide bonds. The molecule has 2 aliphatic heterocycles. The summed E-state index contributed by atoms with van der Waals surface area (Å²) in [5.74, 6) is -0.0771. The molecular weight excluding hydrogens is 354 g/mol. The number of hydrogen-bond donors (Lipinski definition) is 1. The molecule has 7 nitrogen and oxygen atoms in total. The van der Waals surface area contributed by atoms with Crippen LogP contribution in [0.25, 0.3) is 0 Å². The van der Waals surface area contributed by atoms with Gasteiger partial charge in [-0.3, -0.25) is 9.48 Å². The van der Waals surface area contributed by atoms with Gasteiger partial charge in [0.05, 0.1) is 26.0 Å². The highest BCUT2D eigenvalue weighted by Crippen LogP contribution is 2.28. The van der Waals surface area contributed by atoms with E-state index in [9.17, 15) is 4.79 Å². The highest BCUT2D eigenvalue weighted by atomic mass is 35.5. The van der Waals surface area contributed by atoms with Crippen molar-refractivity contribution in [3.05, 3.63) is 46.7 Å². The molecule has 0 radical (unpaired) electrons. The second kappa shape index (κ2) is 6.98. The quantitative estimate of drug-likeness (QED) is 0.881. The largest absolute Gasteiger partial charge is 0.380 e. The third-order valence-corrected chi connectivity index (χ3v) is 5.19. The fourth-order valence-corrected chi connectivity index (χ4v) is 3.55. The molecule has 3 heterocycles. The van der Waals surface area contributed by atoms with Crippen molar-refractivity contribution in [2.24, 2.45) is 5.41 Å². The summed E-state index contributed by atoms with van der Waals surface area (Å²) in [6.07, 6.45) is 1.74. The lowest BCUT2D eigenvalue weighted by Gasteiger charge is -2.37. The minimum Gasteiger partial charge on any atom is -0.380 e. The monoisotopic (exact) mass is 375 g/mol. The van der Waals surface area contributed by atoms with Gasteiger partial charge in [0.2, 0.25) is 0 Å². The molecule has 0 spiro atoms. The van der Waals surface area contributed by atoms with Crippen molar-refractivity contribution in [1.82, 2.24) is 25.2 Å². The Balaban J connectivity index is 1.42. The van der Waals surface area contributed by atoms with Crippen molar-refractivity contribution in [1.29, 1.82) is 0 Å². The molecule has 26 heavy (non-hydrogen) atoms. The maximum Gasteiger partial charge on any atom is 0.276 e. The topological polar surface area (TPSA) is 72.3 Å². The van der Waals surface area contributed by atoms with Crippen molar-refractivity contribution < 1.29 is 9.53 Å². The van der Waals surface area contributed by atoms with Gasteiger partial charge in [-0.2, -0.15) is 0 Å². The molecule has 2 aromatic rings. The summed E-state index contributed by atoms with van der Waals surface area (Å²) in [6.45, 7) is 6.28. The second-order valence-corrected chi connectivity index (χ2v) is 7.85. The Bertz CT molecular complexity index is 787. The van der Waals surface area contributed by atoms with Crippen LogP contribution in [-0.2, 0) is 11.3 Å². The number of carbonyl (C=O) groups is 1. The fourth-order valence-electron chi connectivity index (χ4n) is 3.42. The van der Waals surface area contributed by atoms with Crippen molar-refractivity contribution in [2.45, 2.75) is 19.5 Å². The lowest BCUT2D eigenvalue weighted by molar-refractivity contribution is -0.111. The maximum absolute atomic E-state index is 12.8. The van der Waals surface area contributed by atoms with E-state index in [1.807, 2.05) is 29.2 Å². The van der Waals surface area contributed by atoms with E-state index in [1.54, 1.807) is 10.9 Å². The molecule has 1 aromatic heterocycles. The lowest BCUT2D eigenvalue weighted by atomic mass is 9.89. The van der Waals surface area contributed by atoms with Crippen molar-refractivity contribution in [2.75, 3.05) is 32.8 Å². The molecule has 1 aromatic carbocycles. The first-order valence-corrected chi connectivity index (χ1v) is 9.16. The van der Waals surface area contributed by atoms with Crippen LogP contribution in [0.2, 0.25) is 5.02 Å². The van der Waals surface area contributed by atoms with E-state index in [4.69, 9.17) is 16.3 Å². The Morgan fingerprint density at radius 3 is 2.85 bits per heavy atom. The molecule has 0 saturated carbocycles. The summed E-state index contributed by atoms with van der Waals surface area (Å²) in [6, 6.07) is 7.81. The van der Waals surface area contributed by atoms with Crippen LogP contribution in [0.1, 0.15) is 29.0 Å². The number of nitrogens with one attached hydrogen (secondary N) is 1. The summed E-state index contributed by atoms with van der Waals surface area (Å²) in [5, 5.41) is 12.4. The van der Waals surface area contributed by atoms with E-state index >= 15 is 0 Å². The summed E-state index contributed by atoms with van der Waals surface area (Å²) < 4.78 is 7.01. The Hall–Kier alpha value is -1.96. The van der Waals surface area contributed by atoms with E-state index in [-0.39, 0.29) is 17.4 Å². The molecule has 2 saturated heterocycles. The van der Waals surface area contributed by atoms with Gasteiger partial charge in [0, 0.05) is 36.1 Å². The van der Waals surface area contributed by atoms with E-state index in [1.165, 1.54) is 0 Å². The Morgan fingerprint density at radius 1 is 1.38 bits per heavy atom. The van der Waals surface area contributed by atoms with Crippen LogP contribution in [0.5, 0.6) is 0 Å². The van der Waals surface area contributed by atoms with Crippen LogP contribution in [-0.4, -0.2) is 58.6 Å². The van der Waals surface area contributed by atoms with Gasteiger partial charge in [0.25, 0.3) is 5.91 Å². The second-order valence-electron chi connectivity index (χ2n) is 7.41. The number of piperazine rings is 1. The Kier molecular flexibility index (Phi) is 4.69. The number of halogens is 1. The first kappa shape index (κ1) is 17.5. The zero-order valence-corrected chi connectivity index (χ0v) is 15.4. The number of carbonyl (C=O) groups excluding carboxylic acids is 1. The summed E-state index contributed by atoms with van der Waals surface area (Å²) in [4.78, 5) is 14.7. The number of ether oxygens (including phenoxy) is 1. The zero-order valence-electron chi connectivity index (χ0n) is 14.7. The number of benzene rings is 1. The SMILES string of the molecule is CC1(Cn2cc(C(=O)N3CCNC(c4ccc(Cl)cc4)C3)nn2)COC1. The molecule has 8 heteroatoms. The van der Waals surface area contributed by atoms with Gasteiger partial charge in [0.15, 0.2) is 5.69 Å². The number of hydrogen-bond acceptors (Lipinski definition) is 5. The highest BCUT2D eigenvalue weighted by Gasteiger charge is 2.34. The maximum atomic E-state index is 12.8. The van der Waals surface area contributed by atoms with Gasteiger partial charge in [0.1, 0.15) is 0 Å². The van der Waals surface area contributed by atoms with Crippen LogP contribution in [0.15, 0.2) is 30.5 Å². The highest BCUT2D eigenvalue weighted by molar-refractivity contribution is 6.30. The molecule has 1 N–H and O–H groups in total. The predicted octanol–water partition coefficient (Wildman–Crippen LogP) is 1.75. The van der Waals surface area contributed by atoms with Crippen molar-refractivity contribution >= 4 is 17.5 Å². The van der Waals surface area contributed by atoms with Gasteiger partial charge in [-0.05, 0) is 17.7 Å². The molecule has 2 fully saturated rings. The van der Waals surface area contributed by atoms with Gasteiger partial charge in [-0.1, -0.05) is 35.9 Å². The normalized spacial score (nSPS) is 22.1. The molecule has 0 aliphatic carbocycles. The minimum absolute atomic E-state index is 0.0771. The van der Waals surface area contributed by atoms with Gasteiger partial charge >= 0.3 is 0 Å². The van der Waals surface area contributed by atoms with Gasteiger partial charge in [-0.25, -0.2) is 0 Å². The number of nitrogens with zero attached hydrogens (tertiary/aromatic N) is 4. The third-order valence-electron chi connectivity index (χ3n) is 4.94. The standard InChI is InChI=1S/C18H22ClN5O2/c1-18(11-26-12-18)10-24-9-16(21-22-24)17(25)23-7-6-20-15(8-23)13-2-4-14(19)5-3-13/h2-5,9,15,20H,6-8,10-12H2,1H3. The molecule has 1 unspecified atom stereocenters. The Labute approximate surface area is 157 Å². The number of aromatic nitrogens is 3. The number of amides is 1. The van der Waals surface area contributed by atoms with Crippen LogP contribution in [0.4, 0.5) is 0 Å². The van der Waals surface area contributed by atoms with Crippen molar-refractivity contribution in [3.8, 4) is 0 Å². The van der Waals surface area contributed by atoms with E-state index in [2.05, 4.69) is 22.6 Å². The molecule has 2 aliphatic rings. The molecule has 0 bridgehead atoms. The minimum atomic E-state index is -0.0771. The predicted molar refractivity (Wildman–Crippen MR) is 97.0 cm³/mol. The molecular formula is C18H22ClN5O2. The summed E-state index contributed by atoms with van der Waals surface area (Å²) >= 11 is 5.96. The summed E-state index contributed by atoms with van der Waals surface area (Å²) in [5.41, 5.74) is 1.60.